The van der Waals surface area contributed by atoms with Crippen LogP contribution in [0.4, 0.5) is 0 Å². The lowest BCUT2D eigenvalue weighted by molar-refractivity contribution is -0.193. The maximum absolute atomic E-state index is 12.9. The minimum Gasteiger partial charge on any atom is -0.465 e. The molecular weight excluding hydrogens is 370 g/mol. The highest BCUT2D eigenvalue weighted by Crippen LogP contribution is 2.38. The molecule has 2 rings (SSSR count). The molecule has 0 unspecified atom stereocenters. The van der Waals surface area contributed by atoms with Gasteiger partial charge < -0.3 is 14.4 Å². The first kappa shape index (κ1) is 21.9. The second-order valence-corrected chi connectivity index (χ2v) is 12.5. The molecule has 1 aliphatic heterocycles. The highest BCUT2D eigenvalue weighted by molar-refractivity contribution is 6.83. The van der Waals surface area contributed by atoms with Gasteiger partial charge in [-0.2, -0.15) is 0 Å². The largest absolute Gasteiger partial charge is 0.465 e. The number of amides is 1. The van der Waals surface area contributed by atoms with Crippen LogP contribution in [0.5, 0.6) is 0 Å². The first-order valence-corrected chi connectivity index (χ1v) is 13.0. The molecule has 0 aliphatic carbocycles. The van der Waals surface area contributed by atoms with E-state index in [0.717, 1.165) is 5.56 Å². The molecule has 0 N–H and O–H groups in total. The molecule has 0 aromatic heterocycles. The van der Waals surface area contributed by atoms with E-state index in [2.05, 4.69) is 31.1 Å². The molecule has 1 amide bonds. The number of carbonyl (C=O) groups excluding carboxylic acids is 2. The van der Waals surface area contributed by atoms with Gasteiger partial charge in [0, 0.05) is 13.5 Å². The Hall–Kier alpha value is -2.36. The van der Waals surface area contributed by atoms with Crippen molar-refractivity contribution < 1.29 is 19.1 Å². The van der Waals surface area contributed by atoms with Crippen LogP contribution in [0.3, 0.4) is 0 Å². The first-order valence-electron chi connectivity index (χ1n) is 9.48. The van der Waals surface area contributed by atoms with E-state index in [1.54, 1.807) is 6.92 Å². The van der Waals surface area contributed by atoms with Crippen LogP contribution in [-0.2, 0) is 19.1 Å². The Labute approximate surface area is 168 Å². The zero-order chi connectivity index (χ0) is 20.8. The summed E-state index contributed by atoms with van der Waals surface area (Å²) < 4.78 is 10.7. The van der Waals surface area contributed by atoms with Gasteiger partial charge in [0.25, 0.3) is 5.91 Å². The summed E-state index contributed by atoms with van der Waals surface area (Å²) in [7, 11) is -0.0342. The van der Waals surface area contributed by atoms with Gasteiger partial charge in [0.15, 0.2) is 5.60 Å². The number of benzene rings is 1. The van der Waals surface area contributed by atoms with Crippen LogP contribution in [0.25, 0.3) is 6.08 Å². The number of hydrogen-bond donors (Lipinski definition) is 0. The number of carbonyl (C=O) groups is 2. The fourth-order valence-corrected chi connectivity index (χ4v) is 3.74. The molecule has 6 heteroatoms. The predicted octanol–water partition coefficient (Wildman–Crippen LogP) is 3.13. The van der Waals surface area contributed by atoms with Gasteiger partial charge >= 0.3 is 5.97 Å². The van der Waals surface area contributed by atoms with Crippen molar-refractivity contribution in [2.24, 2.45) is 0 Å². The maximum Gasteiger partial charge on any atom is 0.325 e. The Morgan fingerprint density at radius 3 is 2.54 bits per heavy atom. The number of esters is 1. The van der Waals surface area contributed by atoms with Crippen LogP contribution in [0.1, 0.15) is 18.9 Å². The van der Waals surface area contributed by atoms with Gasteiger partial charge in [-0.15, -0.1) is 11.5 Å². The SMILES string of the molecule is CCOC(=O)CN1C(=O)[C@](CC#C[Si](C)(C)C)(OC)[C@@H]1/C=C/c1ccccc1. The number of β-lactam (4-membered cyclic amide) rings is 1. The zero-order valence-electron chi connectivity index (χ0n) is 17.3. The van der Waals surface area contributed by atoms with Gasteiger partial charge in [-0.25, -0.2) is 0 Å². The van der Waals surface area contributed by atoms with E-state index in [1.165, 1.54) is 12.0 Å². The number of methoxy groups -OCH3 is 1. The molecule has 1 aromatic carbocycles. The van der Waals surface area contributed by atoms with Crippen molar-refractivity contribution in [1.82, 2.24) is 4.90 Å². The summed E-state index contributed by atoms with van der Waals surface area (Å²) in [4.78, 5) is 26.4. The molecule has 0 radical (unpaired) electrons. The van der Waals surface area contributed by atoms with Gasteiger partial charge in [-0.05, 0) is 12.5 Å². The second-order valence-electron chi connectivity index (χ2n) is 7.77. The summed E-state index contributed by atoms with van der Waals surface area (Å²) in [6.07, 6.45) is 4.15. The van der Waals surface area contributed by atoms with E-state index in [9.17, 15) is 9.59 Å². The summed E-state index contributed by atoms with van der Waals surface area (Å²) in [6, 6.07) is 9.42. The molecular formula is C22H29NO4Si. The Morgan fingerprint density at radius 2 is 1.96 bits per heavy atom. The van der Waals surface area contributed by atoms with Crippen LogP contribution in [0.15, 0.2) is 36.4 Å². The molecule has 28 heavy (non-hydrogen) atoms. The molecule has 0 bridgehead atoms. The van der Waals surface area contributed by atoms with Gasteiger partial charge in [0.1, 0.15) is 14.6 Å². The lowest BCUT2D eigenvalue weighted by Gasteiger charge is -2.52. The summed E-state index contributed by atoms with van der Waals surface area (Å²) >= 11 is 0. The second kappa shape index (κ2) is 9.22. The molecule has 150 valence electrons. The highest BCUT2D eigenvalue weighted by atomic mass is 28.3. The Bertz CT molecular complexity index is 788. The number of rotatable bonds is 7. The number of ether oxygens (including phenoxy) is 2. The van der Waals surface area contributed by atoms with E-state index in [-0.39, 0.29) is 25.1 Å². The predicted molar refractivity (Wildman–Crippen MR) is 113 cm³/mol. The van der Waals surface area contributed by atoms with Crippen molar-refractivity contribution in [3.05, 3.63) is 42.0 Å². The third-order valence-electron chi connectivity index (χ3n) is 4.49. The number of hydrogen-bond acceptors (Lipinski definition) is 4. The first-order chi connectivity index (χ1) is 13.2. The number of nitrogens with zero attached hydrogens (tertiary/aromatic N) is 1. The van der Waals surface area contributed by atoms with Crippen molar-refractivity contribution in [3.8, 4) is 11.5 Å². The number of likely N-dealkylation sites (tertiary alicyclic amines) is 1. The Balaban J connectivity index is 2.29. The van der Waals surface area contributed by atoms with Crippen LogP contribution in [0.2, 0.25) is 19.6 Å². The molecule has 5 nitrogen and oxygen atoms in total. The van der Waals surface area contributed by atoms with E-state index in [0.29, 0.717) is 6.42 Å². The summed E-state index contributed by atoms with van der Waals surface area (Å²) in [5.74, 6) is 2.52. The van der Waals surface area contributed by atoms with Crippen LogP contribution in [-0.4, -0.2) is 56.8 Å². The van der Waals surface area contributed by atoms with Gasteiger partial charge in [-0.3, -0.25) is 9.59 Å². The van der Waals surface area contributed by atoms with E-state index in [4.69, 9.17) is 9.47 Å². The molecule has 1 fully saturated rings. The normalized spacial score (nSPS) is 21.8. The van der Waals surface area contributed by atoms with Crippen LogP contribution in [0, 0.1) is 11.5 Å². The van der Waals surface area contributed by atoms with Crippen molar-refractivity contribution in [2.45, 2.75) is 44.6 Å². The Kier molecular flexibility index (Phi) is 7.22. The van der Waals surface area contributed by atoms with E-state index >= 15 is 0 Å². The Morgan fingerprint density at radius 1 is 1.29 bits per heavy atom. The molecule has 0 spiro atoms. The lowest BCUT2D eigenvalue weighted by atomic mass is 9.78. The molecule has 1 aromatic rings. The van der Waals surface area contributed by atoms with Crippen molar-refractivity contribution in [1.29, 1.82) is 0 Å². The van der Waals surface area contributed by atoms with Crippen molar-refractivity contribution in [3.63, 3.8) is 0 Å². The molecule has 1 aliphatic rings. The van der Waals surface area contributed by atoms with Crippen molar-refractivity contribution >= 4 is 26.0 Å². The van der Waals surface area contributed by atoms with Gasteiger partial charge in [0.2, 0.25) is 0 Å². The third kappa shape index (κ3) is 5.12. The molecule has 1 saturated heterocycles. The monoisotopic (exact) mass is 399 g/mol. The van der Waals surface area contributed by atoms with Crippen LogP contribution < -0.4 is 0 Å². The standard InChI is InChI=1S/C22H29NO4Si/c1-6-27-20(24)17-23-19(14-13-18-11-8-7-9-12-18)22(26-2,21(23)25)15-10-16-28(3,4)5/h7-9,11-14,19H,6,15,17H2,1-5H3/b14-13+/t19-,22+/m0/s1. The van der Waals surface area contributed by atoms with E-state index in [1.807, 2.05) is 42.5 Å². The summed E-state index contributed by atoms with van der Waals surface area (Å²) in [5, 5.41) is 0. The lowest BCUT2D eigenvalue weighted by Crippen LogP contribution is -2.74. The molecule has 1 heterocycles. The quantitative estimate of drug-likeness (QED) is 0.306. The van der Waals surface area contributed by atoms with E-state index < -0.39 is 19.6 Å². The fourth-order valence-electron chi connectivity index (χ4n) is 3.12. The minimum atomic E-state index is -1.56. The third-order valence-corrected chi connectivity index (χ3v) is 5.42. The van der Waals surface area contributed by atoms with Gasteiger partial charge in [0.05, 0.1) is 12.6 Å². The van der Waals surface area contributed by atoms with Crippen LogP contribution >= 0.6 is 0 Å². The smallest absolute Gasteiger partial charge is 0.325 e. The summed E-state index contributed by atoms with van der Waals surface area (Å²) in [5.41, 5.74) is 3.24. The molecule has 2 atom stereocenters. The average molecular weight is 400 g/mol. The topological polar surface area (TPSA) is 55.8 Å². The maximum atomic E-state index is 12.9. The van der Waals surface area contributed by atoms with Gasteiger partial charge in [-0.1, -0.05) is 62.1 Å². The summed E-state index contributed by atoms with van der Waals surface area (Å²) in [6.45, 7) is 8.39. The average Bonchev–Trinajstić information content (AvgIpc) is 2.65. The zero-order valence-corrected chi connectivity index (χ0v) is 18.3. The molecule has 0 saturated carbocycles. The minimum absolute atomic E-state index is 0.0942. The fraction of sp³-hybridized carbons (Fsp3) is 0.455. The highest BCUT2D eigenvalue weighted by Gasteiger charge is 2.60. The van der Waals surface area contributed by atoms with Crippen molar-refractivity contribution in [2.75, 3.05) is 20.3 Å².